The van der Waals surface area contributed by atoms with Gasteiger partial charge in [-0.25, -0.2) is 0 Å². The maximum Gasteiger partial charge on any atom is 0.0426 e. The summed E-state index contributed by atoms with van der Waals surface area (Å²) < 4.78 is 1.08. The number of allylic oxidation sites excluding steroid dienone is 4. The fourth-order valence-corrected chi connectivity index (χ4v) is 5.52. The maximum absolute atomic E-state index is 3.66. The van der Waals surface area contributed by atoms with E-state index in [4.69, 9.17) is 0 Å². The van der Waals surface area contributed by atoms with E-state index in [1.165, 1.54) is 55.7 Å². The molecule has 2 aliphatic rings. The molecule has 0 amide bonds. The van der Waals surface area contributed by atoms with Crippen LogP contribution >= 0.6 is 15.9 Å². The molecule has 0 unspecified atom stereocenters. The summed E-state index contributed by atoms with van der Waals surface area (Å²) in [4.78, 5) is 2.22. The van der Waals surface area contributed by atoms with Gasteiger partial charge >= 0.3 is 0 Å². The van der Waals surface area contributed by atoms with Gasteiger partial charge in [0, 0.05) is 24.6 Å². The van der Waals surface area contributed by atoms with E-state index in [1.807, 2.05) is 20.0 Å². The smallest absolute Gasteiger partial charge is 0.0426 e. The van der Waals surface area contributed by atoms with Crippen molar-refractivity contribution in [3.63, 3.8) is 0 Å². The molecule has 0 aromatic heterocycles. The lowest BCUT2D eigenvalue weighted by Crippen LogP contribution is -2.15. The predicted molar refractivity (Wildman–Crippen MR) is 177 cm³/mol. The Hall–Kier alpha value is -4.08. The molecule has 0 saturated carbocycles. The molecule has 200 valence electrons. The topological polar surface area (TPSA) is 15.3 Å². The van der Waals surface area contributed by atoms with Crippen molar-refractivity contribution >= 4 is 27.1 Å². The number of dihydropyridines is 1. The Kier molecular flexibility index (Phi) is 8.83. The minimum absolute atomic E-state index is 0.844. The Labute approximate surface area is 247 Å². The van der Waals surface area contributed by atoms with E-state index in [0.29, 0.717) is 0 Å². The van der Waals surface area contributed by atoms with Crippen molar-refractivity contribution in [3.8, 4) is 33.4 Å². The van der Waals surface area contributed by atoms with Gasteiger partial charge in [0.05, 0.1) is 0 Å². The number of likely N-dealkylation sites (N-methyl/N-ethyl adjacent to an activating group) is 1. The fraction of sp³-hybridized carbons (Fsp3) is 0.135. The molecular formula is C37H35BrN2. The number of nitrogens with one attached hydrogen (secondary N) is 1. The highest BCUT2D eigenvalue weighted by Gasteiger charge is 2.12. The number of hydrogen-bond donors (Lipinski definition) is 1. The SMILES string of the molecule is CC.CN1C=CC=C(c2cccc(-c3cc(-c4cccc(Br)c4)cc(-c4cccc(C5=CC=CNC5)c4)c3)c2)C1. The van der Waals surface area contributed by atoms with Crippen LogP contribution in [0.1, 0.15) is 25.0 Å². The average molecular weight is 588 g/mol. The molecular weight excluding hydrogens is 552 g/mol. The highest BCUT2D eigenvalue weighted by molar-refractivity contribution is 9.10. The number of hydrogen-bond acceptors (Lipinski definition) is 2. The molecule has 0 radical (unpaired) electrons. The molecule has 0 atom stereocenters. The molecule has 0 spiro atoms. The lowest BCUT2D eigenvalue weighted by Gasteiger charge is -2.20. The first kappa shape index (κ1) is 27.5. The zero-order valence-electron chi connectivity index (χ0n) is 23.4. The van der Waals surface area contributed by atoms with Gasteiger partial charge in [0.25, 0.3) is 0 Å². The Morgan fingerprint density at radius 2 is 1.10 bits per heavy atom. The summed E-state index contributed by atoms with van der Waals surface area (Å²) in [5.74, 6) is 0. The molecule has 2 aliphatic heterocycles. The van der Waals surface area contributed by atoms with Crippen molar-refractivity contribution in [1.82, 2.24) is 10.2 Å². The number of rotatable bonds is 5. The minimum Gasteiger partial charge on any atom is -0.387 e. The van der Waals surface area contributed by atoms with Gasteiger partial charge in [-0.3, -0.25) is 0 Å². The van der Waals surface area contributed by atoms with Crippen LogP contribution in [0.3, 0.4) is 0 Å². The monoisotopic (exact) mass is 586 g/mol. The van der Waals surface area contributed by atoms with Crippen molar-refractivity contribution in [2.24, 2.45) is 0 Å². The fourth-order valence-electron chi connectivity index (χ4n) is 5.12. The Balaban J connectivity index is 0.00000158. The highest BCUT2D eigenvalue weighted by atomic mass is 79.9. The molecule has 0 saturated heterocycles. The van der Waals surface area contributed by atoms with E-state index in [9.17, 15) is 0 Å². The van der Waals surface area contributed by atoms with Crippen LogP contribution in [0.4, 0.5) is 0 Å². The van der Waals surface area contributed by atoms with Crippen LogP contribution in [0, 0.1) is 0 Å². The molecule has 4 aromatic rings. The molecule has 1 N–H and O–H groups in total. The average Bonchev–Trinajstić information content (AvgIpc) is 3.02. The van der Waals surface area contributed by atoms with E-state index in [0.717, 1.165) is 17.6 Å². The third-order valence-corrected chi connectivity index (χ3v) is 7.58. The second kappa shape index (κ2) is 12.8. The van der Waals surface area contributed by atoms with E-state index in [1.54, 1.807) is 0 Å². The summed E-state index contributed by atoms with van der Waals surface area (Å²) in [6, 6.07) is 33.3. The van der Waals surface area contributed by atoms with Gasteiger partial charge in [0.2, 0.25) is 0 Å². The normalized spacial score (nSPS) is 14.1. The van der Waals surface area contributed by atoms with E-state index >= 15 is 0 Å². The van der Waals surface area contributed by atoms with Crippen LogP contribution in [-0.4, -0.2) is 25.0 Å². The second-order valence-corrected chi connectivity index (χ2v) is 10.8. The number of benzene rings is 4. The van der Waals surface area contributed by atoms with Crippen LogP contribution < -0.4 is 5.32 Å². The van der Waals surface area contributed by atoms with E-state index in [-0.39, 0.29) is 0 Å². The van der Waals surface area contributed by atoms with Crippen LogP contribution in [0.5, 0.6) is 0 Å². The van der Waals surface area contributed by atoms with Gasteiger partial charge in [-0.15, -0.1) is 0 Å². The third kappa shape index (κ3) is 6.38. The van der Waals surface area contributed by atoms with Crippen LogP contribution in [0.15, 0.2) is 132 Å². The number of nitrogens with zero attached hydrogens (tertiary/aromatic N) is 1. The summed E-state index contributed by atoms with van der Waals surface area (Å²) in [6.45, 7) is 5.76. The minimum atomic E-state index is 0.844. The predicted octanol–water partition coefficient (Wildman–Crippen LogP) is 9.82. The van der Waals surface area contributed by atoms with Gasteiger partial charge in [-0.1, -0.05) is 90.5 Å². The highest BCUT2D eigenvalue weighted by Crippen LogP contribution is 2.35. The Bertz CT molecular complexity index is 1620. The summed E-state index contributed by atoms with van der Waals surface area (Å²) in [5, 5.41) is 3.33. The first-order valence-electron chi connectivity index (χ1n) is 13.9. The van der Waals surface area contributed by atoms with E-state index < -0.39 is 0 Å². The molecule has 6 rings (SSSR count). The lowest BCUT2D eigenvalue weighted by molar-refractivity contribution is 0.512. The summed E-state index contributed by atoms with van der Waals surface area (Å²) in [5.41, 5.74) is 12.4. The quantitative estimate of drug-likeness (QED) is 0.250. The lowest BCUT2D eigenvalue weighted by atomic mass is 9.91. The zero-order chi connectivity index (χ0) is 27.9. The van der Waals surface area contributed by atoms with Crippen LogP contribution in [-0.2, 0) is 0 Å². The maximum atomic E-state index is 3.66. The van der Waals surface area contributed by atoms with Gasteiger partial charge < -0.3 is 10.2 Å². The molecule has 0 aliphatic carbocycles. The zero-order valence-corrected chi connectivity index (χ0v) is 24.9. The molecule has 0 bridgehead atoms. The van der Waals surface area contributed by atoms with Crippen LogP contribution in [0.25, 0.3) is 44.5 Å². The molecule has 0 fully saturated rings. The van der Waals surface area contributed by atoms with E-state index in [2.05, 4.69) is 155 Å². The van der Waals surface area contributed by atoms with Crippen molar-refractivity contribution in [2.45, 2.75) is 13.8 Å². The largest absolute Gasteiger partial charge is 0.387 e. The van der Waals surface area contributed by atoms with Gasteiger partial charge in [-0.05, 0) is 123 Å². The third-order valence-electron chi connectivity index (χ3n) is 7.09. The molecule has 2 nitrogen and oxygen atoms in total. The van der Waals surface area contributed by atoms with Gasteiger partial charge in [0.15, 0.2) is 0 Å². The first-order chi connectivity index (χ1) is 19.6. The summed E-state index contributed by atoms with van der Waals surface area (Å²) in [6.07, 6.45) is 12.7. The Morgan fingerprint density at radius 3 is 1.65 bits per heavy atom. The molecule has 40 heavy (non-hydrogen) atoms. The molecule has 3 heteroatoms. The Morgan fingerprint density at radius 1 is 0.600 bits per heavy atom. The second-order valence-electron chi connectivity index (χ2n) is 9.85. The number of halogens is 1. The molecule has 2 heterocycles. The first-order valence-corrected chi connectivity index (χ1v) is 14.7. The standard InChI is InChI=1S/C35H29BrN2.C2H6/c1-38-16-6-13-31(24-38)26-8-3-10-28(18-26)33-19-32(20-34(21-33)29-11-4-14-35(36)22-29)27-9-2-7-25(17-27)30-12-5-15-37-23-30;1-2/h2-22,37H,23-24H2,1H3;1-2H3. The molecule has 4 aromatic carbocycles. The van der Waals surface area contributed by atoms with Gasteiger partial charge in [0.1, 0.15) is 0 Å². The van der Waals surface area contributed by atoms with Gasteiger partial charge in [-0.2, -0.15) is 0 Å². The van der Waals surface area contributed by atoms with Crippen molar-refractivity contribution in [2.75, 3.05) is 20.1 Å². The van der Waals surface area contributed by atoms with Crippen LogP contribution in [0.2, 0.25) is 0 Å². The summed E-state index contributed by atoms with van der Waals surface area (Å²) >= 11 is 3.66. The van der Waals surface area contributed by atoms with Crippen molar-refractivity contribution < 1.29 is 0 Å². The van der Waals surface area contributed by atoms with Crippen molar-refractivity contribution in [3.05, 3.63) is 143 Å². The summed E-state index contributed by atoms with van der Waals surface area (Å²) in [7, 11) is 2.12. The van der Waals surface area contributed by atoms with Crippen molar-refractivity contribution in [1.29, 1.82) is 0 Å².